The lowest BCUT2D eigenvalue weighted by molar-refractivity contribution is 0.0970. The van der Waals surface area contributed by atoms with Crippen molar-refractivity contribution < 1.29 is 9.59 Å². The van der Waals surface area contributed by atoms with Crippen LogP contribution in [0.1, 0.15) is 53.5 Å². The van der Waals surface area contributed by atoms with Crippen molar-refractivity contribution in [2.24, 2.45) is 0 Å². The molecule has 180 valence electrons. The SMILES string of the molecule is Cc1ccc(C2SC(C(=O)c3ccccc3)C(c3ccc(C)cc3)SC2C(=O)c2ccccc2)cc1. The van der Waals surface area contributed by atoms with Crippen LogP contribution >= 0.6 is 23.5 Å². The van der Waals surface area contributed by atoms with Crippen molar-refractivity contribution in [2.45, 2.75) is 34.8 Å². The number of hydrogen-bond donors (Lipinski definition) is 0. The van der Waals surface area contributed by atoms with Gasteiger partial charge in [-0.1, -0.05) is 120 Å². The molecule has 4 aromatic carbocycles. The van der Waals surface area contributed by atoms with E-state index >= 15 is 0 Å². The first-order valence-corrected chi connectivity index (χ1v) is 14.0. The Labute approximate surface area is 221 Å². The third-order valence-corrected chi connectivity index (χ3v) is 10.2. The average molecular weight is 509 g/mol. The van der Waals surface area contributed by atoms with Gasteiger partial charge in [-0.15, -0.1) is 23.5 Å². The van der Waals surface area contributed by atoms with Crippen LogP contribution in [-0.4, -0.2) is 22.1 Å². The zero-order chi connectivity index (χ0) is 25.1. The smallest absolute Gasteiger partial charge is 0.177 e. The summed E-state index contributed by atoms with van der Waals surface area (Å²) in [5.41, 5.74) is 5.94. The number of rotatable bonds is 6. The quantitative estimate of drug-likeness (QED) is 0.247. The predicted molar refractivity (Wildman–Crippen MR) is 152 cm³/mol. The highest BCUT2D eigenvalue weighted by atomic mass is 32.2. The van der Waals surface area contributed by atoms with E-state index in [-0.39, 0.29) is 32.6 Å². The number of ketones is 2. The van der Waals surface area contributed by atoms with Crippen molar-refractivity contribution in [3.63, 3.8) is 0 Å². The molecule has 0 amide bonds. The first kappa shape index (κ1) is 24.6. The minimum atomic E-state index is -0.314. The van der Waals surface area contributed by atoms with Crippen LogP contribution in [0.15, 0.2) is 109 Å². The zero-order valence-electron chi connectivity index (χ0n) is 20.3. The van der Waals surface area contributed by atoms with Gasteiger partial charge in [0.1, 0.15) is 0 Å². The van der Waals surface area contributed by atoms with Crippen LogP contribution in [0.4, 0.5) is 0 Å². The molecular weight excluding hydrogens is 480 g/mol. The molecule has 1 heterocycles. The molecule has 2 nitrogen and oxygen atoms in total. The fourth-order valence-corrected chi connectivity index (χ4v) is 8.23. The molecular formula is C32H28O2S2. The van der Waals surface area contributed by atoms with E-state index in [9.17, 15) is 9.59 Å². The van der Waals surface area contributed by atoms with E-state index in [0.29, 0.717) is 11.1 Å². The first-order valence-electron chi connectivity index (χ1n) is 12.1. The van der Waals surface area contributed by atoms with Gasteiger partial charge in [0.15, 0.2) is 11.6 Å². The van der Waals surface area contributed by atoms with Crippen LogP contribution in [-0.2, 0) is 0 Å². The molecule has 0 radical (unpaired) electrons. The first-order chi connectivity index (χ1) is 17.5. The van der Waals surface area contributed by atoms with Crippen molar-refractivity contribution in [3.05, 3.63) is 143 Å². The molecule has 0 aromatic heterocycles. The molecule has 1 aliphatic rings. The summed E-state index contributed by atoms with van der Waals surface area (Å²) in [6, 6.07) is 35.8. The molecule has 1 fully saturated rings. The van der Waals surface area contributed by atoms with Crippen molar-refractivity contribution >= 4 is 35.1 Å². The number of aryl methyl sites for hydroxylation is 2. The summed E-state index contributed by atoms with van der Waals surface area (Å²) in [5, 5.41) is -0.900. The van der Waals surface area contributed by atoms with Crippen LogP contribution in [0, 0.1) is 13.8 Å². The third-order valence-electron chi connectivity index (χ3n) is 6.58. The van der Waals surface area contributed by atoms with Crippen molar-refractivity contribution in [3.8, 4) is 0 Å². The van der Waals surface area contributed by atoms with Gasteiger partial charge in [0.2, 0.25) is 0 Å². The van der Waals surface area contributed by atoms with Gasteiger partial charge in [0.05, 0.1) is 10.5 Å². The van der Waals surface area contributed by atoms with E-state index in [1.54, 1.807) is 23.5 Å². The Hall–Kier alpha value is -3.08. The van der Waals surface area contributed by atoms with E-state index in [4.69, 9.17) is 0 Å². The lowest BCUT2D eigenvalue weighted by atomic mass is 9.99. The lowest BCUT2D eigenvalue weighted by Gasteiger charge is -2.40. The maximum Gasteiger partial charge on any atom is 0.177 e. The summed E-state index contributed by atoms with van der Waals surface area (Å²) in [6.45, 7) is 4.13. The molecule has 4 unspecified atom stereocenters. The summed E-state index contributed by atoms with van der Waals surface area (Å²) in [5.74, 6) is 0.225. The summed E-state index contributed by atoms with van der Waals surface area (Å²) in [7, 11) is 0. The topological polar surface area (TPSA) is 34.1 Å². The van der Waals surface area contributed by atoms with E-state index < -0.39 is 0 Å². The lowest BCUT2D eigenvalue weighted by Crippen LogP contribution is -2.36. The standard InChI is InChI=1S/C32H28O2S2/c1-21-13-17-25(18-14-21)29-31(27(33)23-9-5-3-6-10-23)36-30(26-19-15-22(2)16-20-26)32(35-29)28(34)24-11-7-4-8-12-24/h3-20,29-32H,1-2H3. The van der Waals surface area contributed by atoms with Gasteiger partial charge in [-0.3, -0.25) is 9.59 Å². The Bertz CT molecular complexity index is 1230. The molecule has 4 atom stereocenters. The number of carbonyl (C=O) groups excluding carboxylic acids is 2. The normalized spacial score (nSPS) is 21.6. The Morgan fingerprint density at radius 3 is 1.17 bits per heavy atom. The second kappa shape index (κ2) is 10.9. The Morgan fingerprint density at radius 2 is 0.833 bits per heavy atom. The minimum Gasteiger partial charge on any atom is -0.293 e. The van der Waals surface area contributed by atoms with Crippen molar-refractivity contribution in [1.82, 2.24) is 0 Å². The number of benzene rings is 4. The van der Waals surface area contributed by atoms with Gasteiger partial charge < -0.3 is 0 Å². The third kappa shape index (κ3) is 5.21. The van der Waals surface area contributed by atoms with Crippen LogP contribution in [0.25, 0.3) is 0 Å². The number of thioether (sulfide) groups is 2. The number of carbonyl (C=O) groups is 2. The molecule has 1 saturated heterocycles. The highest BCUT2D eigenvalue weighted by Gasteiger charge is 2.46. The Kier molecular flexibility index (Phi) is 7.45. The van der Waals surface area contributed by atoms with E-state index in [1.807, 2.05) is 60.7 Å². The zero-order valence-corrected chi connectivity index (χ0v) is 22.0. The van der Waals surface area contributed by atoms with Crippen LogP contribution < -0.4 is 0 Å². The summed E-state index contributed by atoms with van der Waals surface area (Å²) in [4.78, 5) is 27.8. The van der Waals surface area contributed by atoms with Gasteiger partial charge in [-0.05, 0) is 25.0 Å². The largest absolute Gasteiger partial charge is 0.293 e. The van der Waals surface area contributed by atoms with Gasteiger partial charge in [-0.2, -0.15) is 0 Å². The van der Waals surface area contributed by atoms with Gasteiger partial charge in [0.25, 0.3) is 0 Å². The minimum absolute atomic E-state index is 0.112. The fourth-order valence-electron chi connectivity index (χ4n) is 4.55. The van der Waals surface area contributed by atoms with E-state index in [0.717, 1.165) is 11.1 Å². The average Bonchev–Trinajstić information content (AvgIpc) is 2.93. The summed E-state index contributed by atoms with van der Waals surface area (Å²) < 4.78 is 0. The highest BCUT2D eigenvalue weighted by molar-refractivity contribution is 8.08. The van der Waals surface area contributed by atoms with Crippen LogP contribution in [0.5, 0.6) is 0 Å². The molecule has 4 heteroatoms. The van der Waals surface area contributed by atoms with Gasteiger partial charge >= 0.3 is 0 Å². The molecule has 5 rings (SSSR count). The molecule has 0 spiro atoms. The number of hydrogen-bond acceptors (Lipinski definition) is 4. The summed E-state index contributed by atoms with van der Waals surface area (Å²) in [6.07, 6.45) is 0. The molecule has 0 aliphatic carbocycles. The van der Waals surface area contributed by atoms with Crippen molar-refractivity contribution in [1.29, 1.82) is 0 Å². The fraction of sp³-hybridized carbons (Fsp3) is 0.188. The maximum atomic E-state index is 13.9. The molecule has 0 saturated carbocycles. The number of Topliss-reactive ketones (excluding diaryl/α,β-unsaturated/α-hetero) is 2. The van der Waals surface area contributed by atoms with Crippen LogP contribution in [0.2, 0.25) is 0 Å². The van der Waals surface area contributed by atoms with E-state index in [2.05, 4.69) is 62.4 Å². The van der Waals surface area contributed by atoms with Crippen molar-refractivity contribution in [2.75, 3.05) is 0 Å². The highest BCUT2D eigenvalue weighted by Crippen LogP contribution is 2.56. The molecule has 0 N–H and O–H groups in total. The second-order valence-electron chi connectivity index (χ2n) is 9.24. The maximum absolute atomic E-state index is 13.9. The Morgan fingerprint density at radius 1 is 0.500 bits per heavy atom. The molecule has 4 aromatic rings. The van der Waals surface area contributed by atoms with Gasteiger partial charge in [0, 0.05) is 21.6 Å². The Balaban J connectivity index is 1.60. The van der Waals surface area contributed by atoms with E-state index in [1.165, 1.54) is 11.1 Å². The molecule has 0 bridgehead atoms. The second-order valence-corrected chi connectivity index (χ2v) is 11.8. The van der Waals surface area contributed by atoms with Crippen LogP contribution in [0.3, 0.4) is 0 Å². The predicted octanol–water partition coefficient (Wildman–Crippen LogP) is 8.07. The monoisotopic (exact) mass is 508 g/mol. The molecule has 36 heavy (non-hydrogen) atoms. The summed E-state index contributed by atoms with van der Waals surface area (Å²) >= 11 is 3.28. The van der Waals surface area contributed by atoms with Gasteiger partial charge in [-0.25, -0.2) is 0 Å². The molecule has 1 aliphatic heterocycles.